The highest BCUT2D eigenvalue weighted by atomic mass is 35.5. The molecule has 0 fully saturated rings. The van der Waals surface area contributed by atoms with Gasteiger partial charge in [-0.3, -0.25) is 24.3 Å². The Balaban J connectivity index is 1.54. The number of oxazole rings is 1. The van der Waals surface area contributed by atoms with E-state index in [2.05, 4.69) is 5.32 Å². The number of esters is 1. The summed E-state index contributed by atoms with van der Waals surface area (Å²) in [7, 11) is 0. The maximum Gasteiger partial charge on any atom is 0.419 e. The number of nitrogens with zero attached hydrogens (tertiary/aromatic N) is 2. The van der Waals surface area contributed by atoms with Crippen molar-refractivity contribution in [2.45, 2.75) is 13.0 Å². The molecule has 3 rings (SSSR count). The highest BCUT2D eigenvalue weighted by molar-refractivity contribution is 6.31. The third-order valence-electron chi connectivity index (χ3n) is 3.91. The smallest absolute Gasteiger partial charge is 0.419 e. The van der Waals surface area contributed by atoms with Crippen LogP contribution in [-0.4, -0.2) is 28.0 Å². The SMILES string of the molecule is O=C(COC(=O)CCn1c(=O)oc2ccccc21)Nc1ccc(Cl)cc1[N+](=O)[O-]. The predicted molar refractivity (Wildman–Crippen MR) is 103 cm³/mol. The van der Waals surface area contributed by atoms with Crippen LogP contribution in [0.3, 0.4) is 0 Å². The first-order chi connectivity index (χ1) is 13.8. The van der Waals surface area contributed by atoms with Crippen LogP contribution >= 0.6 is 11.6 Å². The van der Waals surface area contributed by atoms with Crippen molar-refractivity contribution < 1.29 is 23.7 Å². The van der Waals surface area contributed by atoms with Gasteiger partial charge in [0, 0.05) is 17.6 Å². The molecule has 0 aliphatic carbocycles. The Morgan fingerprint density at radius 3 is 2.76 bits per heavy atom. The quantitative estimate of drug-likeness (QED) is 0.353. The van der Waals surface area contributed by atoms with Crippen molar-refractivity contribution in [3.63, 3.8) is 0 Å². The number of carbonyl (C=O) groups excluding carboxylic acids is 2. The van der Waals surface area contributed by atoms with Gasteiger partial charge in [0.2, 0.25) is 0 Å². The summed E-state index contributed by atoms with van der Waals surface area (Å²) in [6, 6.07) is 10.5. The van der Waals surface area contributed by atoms with Gasteiger partial charge in [-0.25, -0.2) is 4.79 Å². The van der Waals surface area contributed by atoms with Gasteiger partial charge in [0.15, 0.2) is 12.2 Å². The number of fused-ring (bicyclic) bond motifs is 1. The van der Waals surface area contributed by atoms with Crippen LogP contribution in [0.25, 0.3) is 11.1 Å². The monoisotopic (exact) mass is 419 g/mol. The third kappa shape index (κ3) is 4.79. The first kappa shape index (κ1) is 20.1. The van der Waals surface area contributed by atoms with E-state index in [1.165, 1.54) is 16.7 Å². The molecule has 29 heavy (non-hydrogen) atoms. The second-order valence-electron chi connectivity index (χ2n) is 5.86. The number of carbonyl (C=O) groups is 2. The number of benzene rings is 2. The summed E-state index contributed by atoms with van der Waals surface area (Å²) in [6.45, 7) is -0.626. The lowest BCUT2D eigenvalue weighted by Crippen LogP contribution is -2.23. The molecule has 1 aromatic heterocycles. The molecule has 1 heterocycles. The maximum absolute atomic E-state index is 11.9. The number of nitrogens with one attached hydrogen (secondary N) is 1. The summed E-state index contributed by atoms with van der Waals surface area (Å²) in [6.07, 6.45) is -0.169. The van der Waals surface area contributed by atoms with Crippen LogP contribution in [0, 0.1) is 10.1 Å². The lowest BCUT2D eigenvalue weighted by atomic mass is 10.2. The van der Waals surface area contributed by atoms with Crippen LogP contribution in [0.5, 0.6) is 0 Å². The second kappa shape index (κ2) is 8.57. The van der Waals surface area contributed by atoms with Crippen molar-refractivity contribution in [3.05, 3.63) is 68.2 Å². The molecule has 0 spiro atoms. The van der Waals surface area contributed by atoms with Gasteiger partial charge in [-0.2, -0.15) is 0 Å². The molecule has 1 N–H and O–H groups in total. The van der Waals surface area contributed by atoms with Crippen LogP contribution in [0.2, 0.25) is 5.02 Å². The van der Waals surface area contributed by atoms with E-state index < -0.39 is 29.2 Å². The van der Waals surface area contributed by atoms with Crippen LogP contribution in [-0.2, 0) is 20.9 Å². The lowest BCUT2D eigenvalue weighted by molar-refractivity contribution is -0.383. The van der Waals surface area contributed by atoms with E-state index in [-0.39, 0.29) is 29.4 Å². The number of halogens is 1. The number of para-hydroxylation sites is 2. The minimum atomic E-state index is -0.755. The zero-order valence-electron chi connectivity index (χ0n) is 14.8. The predicted octanol–water partition coefficient (Wildman–Crippen LogP) is 2.73. The van der Waals surface area contributed by atoms with E-state index in [0.29, 0.717) is 11.1 Å². The van der Waals surface area contributed by atoms with E-state index in [4.69, 9.17) is 20.8 Å². The number of hydrogen-bond donors (Lipinski definition) is 1. The molecule has 11 heteroatoms. The number of hydrogen-bond acceptors (Lipinski definition) is 7. The Labute approximate surface area is 167 Å². The number of aryl methyl sites for hydroxylation is 1. The molecule has 0 saturated carbocycles. The molecule has 3 aromatic rings. The van der Waals surface area contributed by atoms with Crippen molar-refractivity contribution >= 4 is 46.0 Å². The molecule has 0 atom stereocenters. The highest BCUT2D eigenvalue weighted by Crippen LogP contribution is 2.27. The summed E-state index contributed by atoms with van der Waals surface area (Å²) in [5.41, 5.74) is 0.480. The number of nitro groups is 1. The van der Waals surface area contributed by atoms with Gasteiger partial charge >= 0.3 is 11.7 Å². The fourth-order valence-electron chi connectivity index (χ4n) is 2.59. The first-order valence-corrected chi connectivity index (χ1v) is 8.71. The van der Waals surface area contributed by atoms with Crippen molar-refractivity contribution in [2.75, 3.05) is 11.9 Å². The first-order valence-electron chi connectivity index (χ1n) is 8.33. The van der Waals surface area contributed by atoms with Crippen molar-refractivity contribution in [3.8, 4) is 0 Å². The number of aromatic nitrogens is 1. The number of amides is 1. The zero-order valence-corrected chi connectivity index (χ0v) is 15.5. The molecule has 0 aliphatic heterocycles. The van der Waals surface area contributed by atoms with Crippen molar-refractivity contribution in [1.82, 2.24) is 4.57 Å². The van der Waals surface area contributed by atoms with Crippen molar-refractivity contribution in [1.29, 1.82) is 0 Å². The Kier molecular flexibility index (Phi) is 5.93. The molecular formula is C18H14ClN3O7. The van der Waals surface area contributed by atoms with Crippen LogP contribution < -0.4 is 11.1 Å². The largest absolute Gasteiger partial charge is 0.456 e. The van der Waals surface area contributed by atoms with E-state index >= 15 is 0 Å². The summed E-state index contributed by atoms with van der Waals surface area (Å²) in [5, 5.41) is 13.4. The van der Waals surface area contributed by atoms with E-state index in [0.717, 1.165) is 6.07 Å². The van der Waals surface area contributed by atoms with E-state index in [1.807, 2.05) is 0 Å². The summed E-state index contributed by atoms with van der Waals surface area (Å²) in [5.74, 6) is -2.08. The number of ether oxygens (including phenoxy) is 1. The fourth-order valence-corrected chi connectivity index (χ4v) is 2.76. The fraction of sp³-hybridized carbons (Fsp3) is 0.167. The second-order valence-corrected chi connectivity index (χ2v) is 6.30. The summed E-state index contributed by atoms with van der Waals surface area (Å²) in [4.78, 5) is 46.0. The van der Waals surface area contributed by atoms with Gasteiger partial charge in [-0.05, 0) is 24.3 Å². The number of nitro benzene ring substituents is 1. The molecule has 150 valence electrons. The normalized spacial score (nSPS) is 10.7. The van der Waals surface area contributed by atoms with Crippen LogP contribution in [0.15, 0.2) is 51.7 Å². The third-order valence-corrected chi connectivity index (χ3v) is 4.14. The molecule has 0 radical (unpaired) electrons. The van der Waals surface area contributed by atoms with Crippen LogP contribution in [0.1, 0.15) is 6.42 Å². The van der Waals surface area contributed by atoms with Gasteiger partial charge in [-0.1, -0.05) is 23.7 Å². The van der Waals surface area contributed by atoms with Gasteiger partial charge in [-0.15, -0.1) is 0 Å². The Bertz CT molecular complexity index is 1150. The Morgan fingerprint density at radius 1 is 1.24 bits per heavy atom. The standard InChI is InChI=1S/C18H14ClN3O7/c19-11-5-6-12(14(9-11)22(26)27)20-16(23)10-28-17(24)7-8-21-13-3-1-2-4-15(13)29-18(21)25/h1-6,9H,7-8,10H2,(H,20,23). The average molecular weight is 420 g/mol. The summed E-state index contributed by atoms with van der Waals surface area (Å²) >= 11 is 5.71. The lowest BCUT2D eigenvalue weighted by Gasteiger charge is -2.07. The van der Waals surface area contributed by atoms with Crippen molar-refractivity contribution in [2.24, 2.45) is 0 Å². The maximum atomic E-state index is 11.9. The minimum absolute atomic E-state index is 0.0129. The summed E-state index contributed by atoms with van der Waals surface area (Å²) < 4.78 is 11.2. The minimum Gasteiger partial charge on any atom is -0.456 e. The molecular weight excluding hydrogens is 406 g/mol. The Morgan fingerprint density at radius 2 is 2.00 bits per heavy atom. The van der Waals surface area contributed by atoms with Crippen LogP contribution in [0.4, 0.5) is 11.4 Å². The molecule has 2 aromatic carbocycles. The molecule has 0 unspecified atom stereocenters. The Hall–Kier alpha value is -3.66. The zero-order chi connectivity index (χ0) is 21.0. The molecule has 10 nitrogen and oxygen atoms in total. The van der Waals surface area contributed by atoms with Gasteiger partial charge in [0.25, 0.3) is 11.6 Å². The van der Waals surface area contributed by atoms with E-state index in [9.17, 15) is 24.5 Å². The molecule has 1 amide bonds. The molecule has 0 aliphatic rings. The van der Waals surface area contributed by atoms with Gasteiger partial charge in [0.05, 0.1) is 16.9 Å². The van der Waals surface area contributed by atoms with E-state index in [1.54, 1.807) is 24.3 Å². The average Bonchev–Trinajstić information content (AvgIpc) is 3.01. The van der Waals surface area contributed by atoms with Gasteiger partial charge < -0.3 is 14.5 Å². The molecule has 0 saturated heterocycles. The topological polar surface area (TPSA) is 134 Å². The molecule has 0 bridgehead atoms. The van der Waals surface area contributed by atoms with Gasteiger partial charge in [0.1, 0.15) is 5.69 Å². The highest BCUT2D eigenvalue weighted by Gasteiger charge is 2.17. The number of anilines is 1. The number of rotatable bonds is 7.